The molecule has 1 spiro atoms. The molecule has 0 atom stereocenters. The van der Waals surface area contributed by atoms with Crippen LogP contribution in [0.1, 0.15) is 37.4 Å². The number of ether oxygens (including phenoxy) is 2. The number of rotatable bonds is 3. The van der Waals surface area contributed by atoms with E-state index in [-0.39, 0.29) is 11.7 Å². The summed E-state index contributed by atoms with van der Waals surface area (Å²) >= 11 is 0. The van der Waals surface area contributed by atoms with E-state index >= 15 is 0 Å². The molecule has 0 bridgehead atoms. The molecular formula is C20H18F3N5O3. The lowest BCUT2D eigenvalue weighted by atomic mass is 9.78. The predicted molar refractivity (Wildman–Crippen MR) is 103 cm³/mol. The Morgan fingerprint density at radius 1 is 1.19 bits per heavy atom. The third-order valence-corrected chi connectivity index (χ3v) is 5.75. The van der Waals surface area contributed by atoms with Crippen LogP contribution in [0, 0.1) is 0 Å². The lowest BCUT2D eigenvalue weighted by Gasteiger charge is -2.34. The third-order valence-electron chi connectivity index (χ3n) is 5.75. The number of imidazole rings is 1. The summed E-state index contributed by atoms with van der Waals surface area (Å²) < 4.78 is 47.0. The first-order valence-corrected chi connectivity index (χ1v) is 9.83. The summed E-state index contributed by atoms with van der Waals surface area (Å²) in [5, 5.41) is 0. The summed E-state index contributed by atoms with van der Waals surface area (Å²) in [6.07, 6.45) is 0.686. The smallest absolute Gasteiger partial charge is 0.441 e. The number of benzene rings is 1. The van der Waals surface area contributed by atoms with Crippen LogP contribution in [0.5, 0.6) is 5.75 Å². The number of hydrogen-bond acceptors (Lipinski definition) is 6. The van der Waals surface area contributed by atoms with Crippen LogP contribution in [-0.4, -0.2) is 44.5 Å². The quantitative estimate of drug-likeness (QED) is 0.662. The van der Waals surface area contributed by atoms with Gasteiger partial charge in [0, 0.05) is 24.4 Å². The molecule has 2 fully saturated rings. The molecule has 1 saturated carbocycles. The molecule has 31 heavy (non-hydrogen) atoms. The van der Waals surface area contributed by atoms with Gasteiger partial charge in [0.25, 0.3) is 0 Å². The van der Waals surface area contributed by atoms with Crippen molar-refractivity contribution >= 4 is 23.1 Å². The number of nitrogens with zero attached hydrogens (tertiary/aromatic N) is 4. The minimum absolute atomic E-state index is 0.0886. The Morgan fingerprint density at radius 3 is 2.65 bits per heavy atom. The summed E-state index contributed by atoms with van der Waals surface area (Å²) in [5.41, 5.74) is 0.466. The second-order valence-corrected chi connectivity index (χ2v) is 7.81. The molecule has 8 nitrogen and oxygen atoms in total. The van der Waals surface area contributed by atoms with Crippen LogP contribution >= 0.6 is 0 Å². The number of fused-ring (bicyclic) bond motifs is 1. The highest BCUT2D eigenvalue weighted by Gasteiger charge is 2.49. The molecule has 1 aromatic carbocycles. The molecule has 162 valence electrons. The summed E-state index contributed by atoms with van der Waals surface area (Å²) in [7, 11) is 0. The highest BCUT2D eigenvalue weighted by atomic mass is 19.4. The Balaban J connectivity index is 1.28. The summed E-state index contributed by atoms with van der Waals surface area (Å²) in [4.78, 5) is 29.7. The molecular weight excluding hydrogens is 415 g/mol. The molecule has 3 aromatic rings. The van der Waals surface area contributed by atoms with Gasteiger partial charge < -0.3 is 14.5 Å². The molecule has 1 N–H and O–H groups in total. The van der Waals surface area contributed by atoms with Crippen LogP contribution in [0.25, 0.3) is 11.0 Å². The second kappa shape index (κ2) is 7.10. The van der Waals surface area contributed by atoms with E-state index < -0.39 is 18.1 Å². The fraction of sp³-hybridized carbons (Fsp3) is 0.400. The molecule has 1 amide bonds. The van der Waals surface area contributed by atoms with Crippen molar-refractivity contribution in [2.45, 2.75) is 43.6 Å². The minimum atomic E-state index is -4.75. The van der Waals surface area contributed by atoms with Crippen molar-refractivity contribution in [3.05, 3.63) is 42.5 Å². The van der Waals surface area contributed by atoms with Gasteiger partial charge in [-0.2, -0.15) is 0 Å². The monoisotopic (exact) mass is 433 g/mol. The summed E-state index contributed by atoms with van der Waals surface area (Å²) in [6.45, 7) is 0.390. The van der Waals surface area contributed by atoms with Gasteiger partial charge in [-0.25, -0.2) is 24.6 Å². The van der Waals surface area contributed by atoms with E-state index in [0.29, 0.717) is 42.2 Å². The topological polar surface area (TPSA) is 93.2 Å². The molecule has 2 aromatic heterocycles. The number of aromatic amines is 1. The van der Waals surface area contributed by atoms with Crippen LogP contribution in [0.3, 0.4) is 0 Å². The maximum absolute atomic E-state index is 12.4. The number of halogens is 3. The first-order valence-electron chi connectivity index (χ1n) is 9.83. The molecule has 1 aliphatic heterocycles. The lowest BCUT2D eigenvalue weighted by molar-refractivity contribution is -0.274. The number of amides is 1. The van der Waals surface area contributed by atoms with Crippen molar-refractivity contribution in [1.29, 1.82) is 0 Å². The van der Waals surface area contributed by atoms with Crippen LogP contribution < -0.4 is 9.64 Å². The van der Waals surface area contributed by atoms with Crippen molar-refractivity contribution in [1.82, 2.24) is 19.9 Å². The largest absolute Gasteiger partial charge is 0.573 e. The van der Waals surface area contributed by atoms with Crippen LogP contribution in [0.2, 0.25) is 0 Å². The fourth-order valence-electron chi connectivity index (χ4n) is 4.28. The summed E-state index contributed by atoms with van der Waals surface area (Å²) in [5.74, 6) is 0.815. The average Bonchev–Trinajstić information content (AvgIpc) is 3.29. The number of carbonyl (C=O) groups excluding carboxylic acids is 1. The van der Waals surface area contributed by atoms with E-state index in [2.05, 4.69) is 24.7 Å². The van der Waals surface area contributed by atoms with Crippen molar-refractivity contribution < 1.29 is 27.4 Å². The Hall–Kier alpha value is -3.37. The minimum Gasteiger partial charge on any atom is -0.441 e. The van der Waals surface area contributed by atoms with Gasteiger partial charge in [0.05, 0.1) is 17.6 Å². The highest BCUT2D eigenvalue weighted by Crippen LogP contribution is 2.43. The SMILES string of the molecule is O=C1O[C@]2(CC[C@H](c3nc4cc(OC(F)(F)F)ccc4[nH]3)CC2)CN1c1ncccn1. The number of anilines is 1. The lowest BCUT2D eigenvalue weighted by Crippen LogP contribution is -2.38. The number of hydrogen-bond donors (Lipinski definition) is 1. The molecule has 5 rings (SSSR count). The Labute approximate surface area is 174 Å². The molecule has 1 aliphatic carbocycles. The van der Waals surface area contributed by atoms with Gasteiger partial charge in [-0.05, 0) is 43.9 Å². The highest BCUT2D eigenvalue weighted by molar-refractivity contribution is 5.88. The molecule has 0 unspecified atom stereocenters. The summed E-state index contributed by atoms with van der Waals surface area (Å²) in [6, 6.07) is 5.72. The van der Waals surface area contributed by atoms with Crippen molar-refractivity contribution in [2.75, 3.05) is 11.4 Å². The fourth-order valence-corrected chi connectivity index (χ4v) is 4.28. The van der Waals surface area contributed by atoms with Gasteiger partial charge >= 0.3 is 12.5 Å². The average molecular weight is 433 g/mol. The zero-order valence-electron chi connectivity index (χ0n) is 16.2. The normalized spacial score (nSPS) is 24.0. The third kappa shape index (κ3) is 3.87. The zero-order valence-corrected chi connectivity index (χ0v) is 16.2. The van der Waals surface area contributed by atoms with E-state index in [1.54, 1.807) is 18.5 Å². The number of carbonyl (C=O) groups is 1. The predicted octanol–water partition coefficient (Wildman–Crippen LogP) is 4.30. The molecule has 11 heteroatoms. The van der Waals surface area contributed by atoms with Gasteiger partial charge in [0.2, 0.25) is 5.95 Å². The Morgan fingerprint density at radius 2 is 1.94 bits per heavy atom. The first-order chi connectivity index (χ1) is 14.8. The number of alkyl halides is 3. The van der Waals surface area contributed by atoms with Crippen LogP contribution in [-0.2, 0) is 4.74 Å². The van der Waals surface area contributed by atoms with Gasteiger partial charge in [-0.3, -0.25) is 0 Å². The molecule has 2 aliphatic rings. The van der Waals surface area contributed by atoms with Crippen molar-refractivity contribution in [3.8, 4) is 5.75 Å². The van der Waals surface area contributed by atoms with Crippen molar-refractivity contribution in [3.63, 3.8) is 0 Å². The Bertz CT molecular complexity index is 1110. The van der Waals surface area contributed by atoms with Crippen LogP contribution in [0.15, 0.2) is 36.7 Å². The van der Waals surface area contributed by atoms with E-state index in [9.17, 15) is 18.0 Å². The first kappa shape index (κ1) is 19.6. The van der Waals surface area contributed by atoms with Crippen molar-refractivity contribution in [2.24, 2.45) is 0 Å². The maximum Gasteiger partial charge on any atom is 0.573 e. The van der Waals surface area contributed by atoms with E-state index in [0.717, 1.165) is 12.8 Å². The van der Waals surface area contributed by atoms with Crippen LogP contribution in [0.4, 0.5) is 23.9 Å². The molecule has 1 saturated heterocycles. The van der Waals surface area contributed by atoms with Gasteiger partial charge in [-0.15, -0.1) is 13.2 Å². The standard InChI is InChI=1S/C20H18F3N5O3/c21-20(22,23)30-13-2-3-14-15(10-13)27-16(26-14)12-4-6-19(7-5-12)11-28(18(29)31-19)17-24-8-1-9-25-17/h1-3,8-10,12H,4-7,11H2,(H,26,27)/t12-,19-. The van der Waals surface area contributed by atoms with Gasteiger partial charge in [-0.1, -0.05) is 0 Å². The maximum atomic E-state index is 12.4. The molecule has 3 heterocycles. The number of H-pyrrole nitrogens is 1. The number of aromatic nitrogens is 4. The van der Waals surface area contributed by atoms with Gasteiger partial charge in [0.15, 0.2) is 0 Å². The van der Waals surface area contributed by atoms with E-state index in [4.69, 9.17) is 4.74 Å². The molecule has 0 radical (unpaired) electrons. The zero-order chi connectivity index (χ0) is 21.6. The van der Waals surface area contributed by atoms with Gasteiger partial charge in [0.1, 0.15) is 17.2 Å². The second-order valence-electron chi connectivity index (χ2n) is 7.81. The van der Waals surface area contributed by atoms with E-state index in [1.807, 2.05) is 0 Å². The number of nitrogens with one attached hydrogen (secondary N) is 1. The Kier molecular flexibility index (Phi) is 4.49. The van der Waals surface area contributed by atoms with E-state index in [1.165, 1.54) is 23.1 Å².